The van der Waals surface area contributed by atoms with Crippen LogP contribution in [0.3, 0.4) is 0 Å². The summed E-state index contributed by atoms with van der Waals surface area (Å²) in [6, 6.07) is 24.6. The third-order valence-corrected chi connectivity index (χ3v) is 4.81. The van der Waals surface area contributed by atoms with Crippen molar-refractivity contribution in [1.82, 2.24) is 9.97 Å². The highest BCUT2D eigenvalue weighted by Crippen LogP contribution is 2.29. The van der Waals surface area contributed by atoms with Crippen LogP contribution in [0.2, 0.25) is 5.02 Å². The Bertz CT molecular complexity index is 1180. The predicted molar refractivity (Wildman–Crippen MR) is 121 cm³/mol. The van der Waals surface area contributed by atoms with Crippen molar-refractivity contribution < 1.29 is 4.79 Å². The van der Waals surface area contributed by atoms with E-state index in [0.717, 1.165) is 11.3 Å². The first kappa shape index (κ1) is 19.6. The zero-order valence-electron chi connectivity index (χ0n) is 16.3. The Balaban J connectivity index is 1.61. The molecule has 148 valence electrons. The third-order valence-electron chi connectivity index (χ3n) is 4.48. The van der Waals surface area contributed by atoms with E-state index in [2.05, 4.69) is 20.6 Å². The summed E-state index contributed by atoms with van der Waals surface area (Å²) in [6.07, 6.45) is 1.55. The first-order chi connectivity index (χ1) is 14.6. The van der Waals surface area contributed by atoms with E-state index in [9.17, 15) is 4.79 Å². The van der Waals surface area contributed by atoms with Crippen molar-refractivity contribution in [2.75, 3.05) is 10.6 Å². The van der Waals surface area contributed by atoms with Crippen molar-refractivity contribution in [3.8, 4) is 11.3 Å². The summed E-state index contributed by atoms with van der Waals surface area (Å²) in [7, 11) is 0. The number of benzene rings is 3. The lowest BCUT2D eigenvalue weighted by Crippen LogP contribution is -2.15. The molecule has 1 amide bonds. The molecule has 0 bridgehead atoms. The minimum atomic E-state index is -0.290. The molecule has 0 unspecified atom stereocenters. The normalized spacial score (nSPS) is 10.5. The van der Waals surface area contributed by atoms with Gasteiger partial charge < -0.3 is 10.6 Å². The average Bonchev–Trinajstić information content (AvgIpc) is 2.77. The van der Waals surface area contributed by atoms with E-state index >= 15 is 0 Å². The molecule has 3 aromatic carbocycles. The Labute approximate surface area is 179 Å². The fourth-order valence-electron chi connectivity index (χ4n) is 3.03. The van der Waals surface area contributed by atoms with Gasteiger partial charge in [-0.25, -0.2) is 9.97 Å². The van der Waals surface area contributed by atoms with E-state index < -0.39 is 0 Å². The van der Waals surface area contributed by atoms with Crippen LogP contribution in [0.25, 0.3) is 11.3 Å². The molecule has 0 spiro atoms. The lowest BCUT2D eigenvalue weighted by atomic mass is 10.1. The highest BCUT2D eigenvalue weighted by atomic mass is 35.5. The minimum absolute atomic E-state index is 0.290. The highest BCUT2D eigenvalue weighted by molar-refractivity contribution is 6.33. The lowest BCUT2D eigenvalue weighted by molar-refractivity contribution is 0.102. The number of amides is 1. The first-order valence-electron chi connectivity index (χ1n) is 9.42. The lowest BCUT2D eigenvalue weighted by Gasteiger charge is -2.13. The van der Waals surface area contributed by atoms with Crippen LogP contribution in [-0.4, -0.2) is 15.9 Å². The highest BCUT2D eigenvalue weighted by Gasteiger charge is 2.16. The van der Waals surface area contributed by atoms with Gasteiger partial charge in [-0.15, -0.1) is 0 Å². The largest absolute Gasteiger partial charge is 0.354 e. The summed E-state index contributed by atoms with van der Waals surface area (Å²) in [5.74, 6) is 0.313. The first-order valence-corrected chi connectivity index (χ1v) is 9.80. The molecule has 0 fully saturated rings. The molecule has 30 heavy (non-hydrogen) atoms. The number of carbonyl (C=O) groups excluding carboxylic acids is 1. The number of anilines is 3. The molecule has 1 aromatic heterocycles. The second-order valence-electron chi connectivity index (χ2n) is 6.69. The van der Waals surface area contributed by atoms with Crippen molar-refractivity contribution in [2.45, 2.75) is 6.92 Å². The summed E-state index contributed by atoms with van der Waals surface area (Å²) in [4.78, 5) is 21.7. The van der Waals surface area contributed by atoms with Crippen molar-refractivity contribution in [1.29, 1.82) is 0 Å². The fourth-order valence-corrected chi connectivity index (χ4v) is 3.19. The minimum Gasteiger partial charge on any atom is -0.354 e. The second-order valence-corrected chi connectivity index (χ2v) is 7.09. The van der Waals surface area contributed by atoms with E-state index in [0.29, 0.717) is 33.5 Å². The fraction of sp³-hybridized carbons (Fsp3) is 0.0417. The smallest absolute Gasteiger partial charge is 0.259 e. The van der Waals surface area contributed by atoms with Gasteiger partial charge in [0, 0.05) is 23.1 Å². The molecule has 4 aromatic rings. The number of para-hydroxylation sites is 1. The summed E-state index contributed by atoms with van der Waals surface area (Å²) in [5.41, 5.74) is 4.07. The topological polar surface area (TPSA) is 66.9 Å². The Morgan fingerprint density at radius 2 is 1.60 bits per heavy atom. The van der Waals surface area contributed by atoms with E-state index in [-0.39, 0.29) is 5.91 Å². The number of nitrogens with one attached hydrogen (secondary N) is 2. The quantitative estimate of drug-likeness (QED) is 0.414. The Kier molecular flexibility index (Phi) is 5.72. The molecule has 4 rings (SSSR count). The van der Waals surface area contributed by atoms with Crippen LogP contribution < -0.4 is 10.6 Å². The molecule has 0 aliphatic rings. The Morgan fingerprint density at radius 3 is 2.33 bits per heavy atom. The number of aromatic nitrogens is 2. The molecule has 0 saturated heterocycles. The van der Waals surface area contributed by atoms with Gasteiger partial charge in [0.2, 0.25) is 0 Å². The van der Waals surface area contributed by atoms with E-state index in [1.807, 2.05) is 60.7 Å². The van der Waals surface area contributed by atoms with Crippen LogP contribution in [0, 0.1) is 6.92 Å². The zero-order chi connectivity index (χ0) is 20.9. The molecule has 0 saturated carbocycles. The molecule has 0 aliphatic carbocycles. The van der Waals surface area contributed by atoms with Crippen LogP contribution in [-0.2, 0) is 0 Å². The number of carbonyl (C=O) groups is 1. The maximum Gasteiger partial charge on any atom is 0.259 e. The number of nitrogens with zero attached hydrogens (tertiary/aromatic N) is 2. The number of rotatable bonds is 5. The van der Waals surface area contributed by atoms with Gasteiger partial charge in [0.1, 0.15) is 5.82 Å². The number of hydrogen-bond acceptors (Lipinski definition) is 4. The molecule has 0 aliphatic heterocycles. The van der Waals surface area contributed by atoms with Gasteiger partial charge in [-0.3, -0.25) is 4.79 Å². The van der Waals surface area contributed by atoms with Crippen LogP contribution >= 0.6 is 11.6 Å². The van der Waals surface area contributed by atoms with Crippen molar-refractivity contribution in [3.05, 3.63) is 101 Å². The maximum absolute atomic E-state index is 13.0. The standard InChI is InChI=1S/C24H19ClN4O/c1-16-26-15-20(23(27-16)17-8-4-2-5-9-17)24(30)29-19-12-13-21(25)22(14-19)28-18-10-6-3-7-11-18/h2-15,28H,1H3,(H,29,30). The predicted octanol–water partition coefficient (Wildman–Crippen LogP) is 6.10. The van der Waals surface area contributed by atoms with Crippen molar-refractivity contribution in [2.24, 2.45) is 0 Å². The molecular formula is C24H19ClN4O. The Hall–Kier alpha value is -3.70. The van der Waals surface area contributed by atoms with Gasteiger partial charge in [0.05, 0.1) is 22.0 Å². The third kappa shape index (κ3) is 4.47. The SMILES string of the molecule is Cc1ncc(C(=O)Nc2ccc(Cl)c(Nc3ccccc3)c2)c(-c2ccccc2)n1. The number of halogens is 1. The number of aryl methyl sites for hydroxylation is 1. The van der Waals surface area contributed by atoms with Crippen LogP contribution in [0.5, 0.6) is 0 Å². The molecule has 0 atom stereocenters. The van der Waals surface area contributed by atoms with Gasteiger partial charge in [0.25, 0.3) is 5.91 Å². The van der Waals surface area contributed by atoms with Crippen LogP contribution in [0.1, 0.15) is 16.2 Å². The summed E-state index contributed by atoms with van der Waals surface area (Å²) < 4.78 is 0. The van der Waals surface area contributed by atoms with Crippen LogP contribution in [0.15, 0.2) is 85.1 Å². The van der Waals surface area contributed by atoms with E-state index in [1.54, 1.807) is 31.3 Å². The summed E-state index contributed by atoms with van der Waals surface area (Å²) >= 11 is 6.33. The number of hydrogen-bond donors (Lipinski definition) is 2. The van der Waals surface area contributed by atoms with E-state index in [1.165, 1.54) is 0 Å². The maximum atomic E-state index is 13.0. The second kappa shape index (κ2) is 8.76. The van der Waals surface area contributed by atoms with Gasteiger partial charge in [-0.2, -0.15) is 0 Å². The Morgan fingerprint density at radius 1 is 0.900 bits per heavy atom. The van der Waals surface area contributed by atoms with Gasteiger partial charge >= 0.3 is 0 Å². The summed E-state index contributed by atoms with van der Waals surface area (Å²) in [5, 5.41) is 6.74. The van der Waals surface area contributed by atoms with Crippen molar-refractivity contribution in [3.63, 3.8) is 0 Å². The molecule has 5 nitrogen and oxygen atoms in total. The molecular weight excluding hydrogens is 396 g/mol. The summed E-state index contributed by atoms with van der Waals surface area (Å²) in [6.45, 7) is 1.80. The van der Waals surface area contributed by atoms with Crippen LogP contribution in [0.4, 0.5) is 17.1 Å². The van der Waals surface area contributed by atoms with Gasteiger partial charge in [0.15, 0.2) is 0 Å². The van der Waals surface area contributed by atoms with E-state index in [4.69, 9.17) is 11.6 Å². The molecule has 1 heterocycles. The monoisotopic (exact) mass is 414 g/mol. The molecule has 6 heteroatoms. The average molecular weight is 415 g/mol. The van der Waals surface area contributed by atoms with Crippen molar-refractivity contribution >= 4 is 34.6 Å². The zero-order valence-corrected chi connectivity index (χ0v) is 17.0. The molecule has 0 radical (unpaired) electrons. The molecule has 2 N–H and O–H groups in total. The van der Waals surface area contributed by atoms with Gasteiger partial charge in [-0.1, -0.05) is 60.1 Å². The van der Waals surface area contributed by atoms with Gasteiger partial charge in [-0.05, 0) is 37.3 Å².